The third kappa shape index (κ3) is 6.64. The SMILES string of the molecule is CCC(=O)Nc1cc(C)cc(COc2c(C)cc(NC(=O)CC(=O)O)cc2C)c1. The molecule has 0 aromatic heterocycles. The van der Waals surface area contributed by atoms with E-state index in [2.05, 4.69) is 10.6 Å². The van der Waals surface area contributed by atoms with Crippen LogP contribution in [0.25, 0.3) is 0 Å². The van der Waals surface area contributed by atoms with Crippen LogP contribution in [-0.2, 0) is 21.0 Å². The molecule has 0 aliphatic carbocycles. The van der Waals surface area contributed by atoms with E-state index in [0.717, 1.165) is 27.9 Å². The molecule has 0 bridgehead atoms. The quantitative estimate of drug-likeness (QED) is 0.584. The summed E-state index contributed by atoms with van der Waals surface area (Å²) in [5.41, 5.74) is 4.85. The summed E-state index contributed by atoms with van der Waals surface area (Å²) in [5, 5.41) is 14.1. The van der Waals surface area contributed by atoms with Crippen LogP contribution >= 0.6 is 0 Å². The van der Waals surface area contributed by atoms with Crippen molar-refractivity contribution in [2.45, 2.75) is 47.1 Å². The highest BCUT2D eigenvalue weighted by Gasteiger charge is 2.12. The molecule has 0 fully saturated rings. The van der Waals surface area contributed by atoms with E-state index >= 15 is 0 Å². The molecular weight excluding hydrogens is 372 g/mol. The maximum absolute atomic E-state index is 11.6. The van der Waals surface area contributed by atoms with E-state index < -0.39 is 18.3 Å². The zero-order chi connectivity index (χ0) is 21.6. The van der Waals surface area contributed by atoms with Crippen LogP contribution in [0.5, 0.6) is 5.75 Å². The smallest absolute Gasteiger partial charge is 0.312 e. The van der Waals surface area contributed by atoms with Crippen LogP contribution in [0, 0.1) is 20.8 Å². The van der Waals surface area contributed by atoms with Gasteiger partial charge in [0.1, 0.15) is 18.8 Å². The lowest BCUT2D eigenvalue weighted by Crippen LogP contribution is -2.16. The number of hydrogen-bond donors (Lipinski definition) is 3. The first-order valence-corrected chi connectivity index (χ1v) is 9.34. The summed E-state index contributed by atoms with van der Waals surface area (Å²) in [6, 6.07) is 9.26. The van der Waals surface area contributed by atoms with Crippen molar-refractivity contribution in [2.24, 2.45) is 0 Å². The van der Waals surface area contributed by atoms with Gasteiger partial charge in [0.25, 0.3) is 0 Å². The molecule has 0 radical (unpaired) electrons. The predicted octanol–water partition coefficient (Wildman–Crippen LogP) is 3.95. The molecule has 2 rings (SSSR count). The van der Waals surface area contributed by atoms with Crippen molar-refractivity contribution < 1.29 is 24.2 Å². The molecule has 7 heteroatoms. The van der Waals surface area contributed by atoms with Crippen LogP contribution in [0.4, 0.5) is 11.4 Å². The monoisotopic (exact) mass is 398 g/mol. The number of carbonyl (C=O) groups is 3. The molecule has 0 aliphatic heterocycles. The van der Waals surface area contributed by atoms with Gasteiger partial charge in [0.05, 0.1) is 0 Å². The molecule has 0 unspecified atom stereocenters. The van der Waals surface area contributed by atoms with Gasteiger partial charge in [-0.1, -0.05) is 13.0 Å². The average molecular weight is 398 g/mol. The van der Waals surface area contributed by atoms with Crippen molar-refractivity contribution in [3.63, 3.8) is 0 Å². The summed E-state index contributed by atoms with van der Waals surface area (Å²) in [6.45, 7) is 7.80. The highest BCUT2D eigenvalue weighted by atomic mass is 16.5. The Morgan fingerprint density at radius 2 is 1.48 bits per heavy atom. The zero-order valence-electron chi connectivity index (χ0n) is 17.1. The Morgan fingerprint density at radius 3 is 2.07 bits per heavy atom. The number of aliphatic carboxylic acids is 1. The molecular formula is C22H26N2O5. The van der Waals surface area contributed by atoms with Crippen LogP contribution < -0.4 is 15.4 Å². The number of nitrogens with one attached hydrogen (secondary N) is 2. The topological polar surface area (TPSA) is 105 Å². The van der Waals surface area contributed by atoms with E-state index in [9.17, 15) is 14.4 Å². The van der Waals surface area contributed by atoms with Crippen molar-refractivity contribution in [1.82, 2.24) is 0 Å². The molecule has 3 N–H and O–H groups in total. The lowest BCUT2D eigenvalue weighted by molar-refractivity contribution is -0.139. The van der Waals surface area contributed by atoms with Crippen LogP contribution in [-0.4, -0.2) is 22.9 Å². The number of ether oxygens (including phenoxy) is 1. The maximum Gasteiger partial charge on any atom is 0.312 e. The summed E-state index contributed by atoms with van der Waals surface area (Å²) in [5.74, 6) is -1.11. The van der Waals surface area contributed by atoms with Gasteiger partial charge in [0, 0.05) is 17.8 Å². The van der Waals surface area contributed by atoms with Gasteiger partial charge in [-0.15, -0.1) is 0 Å². The Labute approximate surface area is 170 Å². The van der Waals surface area contributed by atoms with Crippen molar-refractivity contribution in [3.8, 4) is 5.75 Å². The number of aryl methyl sites for hydroxylation is 3. The number of amides is 2. The van der Waals surface area contributed by atoms with Gasteiger partial charge in [0.2, 0.25) is 11.8 Å². The van der Waals surface area contributed by atoms with Crippen molar-refractivity contribution >= 4 is 29.2 Å². The summed E-state index contributed by atoms with van der Waals surface area (Å²) < 4.78 is 6.00. The van der Waals surface area contributed by atoms with Crippen LogP contribution in [0.3, 0.4) is 0 Å². The molecule has 154 valence electrons. The first-order chi connectivity index (χ1) is 13.7. The molecule has 0 spiro atoms. The normalized spacial score (nSPS) is 10.3. The van der Waals surface area contributed by atoms with Crippen molar-refractivity contribution in [3.05, 3.63) is 52.6 Å². The molecule has 0 aliphatic rings. The molecule has 7 nitrogen and oxygen atoms in total. The lowest BCUT2D eigenvalue weighted by atomic mass is 10.1. The summed E-state index contributed by atoms with van der Waals surface area (Å²) in [7, 11) is 0. The number of carbonyl (C=O) groups excluding carboxylic acids is 2. The standard InChI is InChI=1S/C22H26N2O5/c1-5-19(25)23-17-7-13(2)6-16(10-17)12-29-22-14(3)8-18(9-15(22)4)24-20(26)11-21(27)28/h6-10H,5,11-12H2,1-4H3,(H,23,25)(H,24,26)(H,27,28). The Hall–Kier alpha value is -3.35. The van der Waals surface area contributed by atoms with Gasteiger partial charge in [-0.2, -0.15) is 0 Å². The number of carboxylic acid groups (broad SMARTS) is 1. The van der Waals surface area contributed by atoms with Crippen molar-refractivity contribution in [2.75, 3.05) is 10.6 Å². The number of rotatable bonds is 8. The van der Waals surface area contributed by atoms with Gasteiger partial charge >= 0.3 is 5.97 Å². The first-order valence-electron chi connectivity index (χ1n) is 9.34. The van der Waals surface area contributed by atoms with Gasteiger partial charge in [0.15, 0.2) is 0 Å². The molecule has 2 amide bonds. The number of carboxylic acids is 1. The van der Waals surface area contributed by atoms with E-state index in [1.165, 1.54) is 0 Å². The molecule has 0 saturated carbocycles. The fraction of sp³-hybridized carbons (Fsp3) is 0.318. The van der Waals surface area contributed by atoms with Gasteiger partial charge in [-0.05, 0) is 67.3 Å². The fourth-order valence-electron chi connectivity index (χ4n) is 3.02. The Balaban J connectivity index is 2.12. The Kier molecular flexibility index (Phi) is 7.36. The van der Waals surface area contributed by atoms with Crippen molar-refractivity contribution in [1.29, 1.82) is 0 Å². The number of hydrogen-bond acceptors (Lipinski definition) is 4. The highest BCUT2D eigenvalue weighted by Crippen LogP contribution is 2.28. The van der Waals surface area contributed by atoms with Crippen LogP contribution in [0.15, 0.2) is 30.3 Å². The molecule has 0 atom stereocenters. The minimum Gasteiger partial charge on any atom is -0.488 e. The van der Waals surface area contributed by atoms with E-state index in [4.69, 9.17) is 9.84 Å². The predicted molar refractivity (Wildman–Crippen MR) is 111 cm³/mol. The third-order valence-electron chi connectivity index (χ3n) is 4.18. The molecule has 2 aromatic carbocycles. The Bertz CT molecular complexity index is 914. The minimum atomic E-state index is -1.18. The Morgan fingerprint density at radius 1 is 0.897 bits per heavy atom. The summed E-state index contributed by atoms with van der Waals surface area (Å²) in [4.78, 5) is 33.9. The lowest BCUT2D eigenvalue weighted by Gasteiger charge is -2.15. The largest absolute Gasteiger partial charge is 0.488 e. The zero-order valence-corrected chi connectivity index (χ0v) is 17.1. The van der Waals surface area contributed by atoms with Crippen LogP contribution in [0.2, 0.25) is 0 Å². The maximum atomic E-state index is 11.6. The third-order valence-corrected chi connectivity index (χ3v) is 4.18. The average Bonchev–Trinajstić information content (AvgIpc) is 2.59. The molecule has 0 heterocycles. The van der Waals surface area contributed by atoms with Gasteiger partial charge in [-0.3, -0.25) is 14.4 Å². The van der Waals surface area contributed by atoms with E-state index in [1.807, 2.05) is 39.0 Å². The second-order valence-corrected chi connectivity index (χ2v) is 6.96. The van der Waals surface area contributed by atoms with Gasteiger partial charge in [-0.25, -0.2) is 0 Å². The van der Waals surface area contributed by atoms with E-state index in [0.29, 0.717) is 24.5 Å². The summed E-state index contributed by atoms with van der Waals surface area (Å²) >= 11 is 0. The van der Waals surface area contributed by atoms with E-state index in [1.54, 1.807) is 19.1 Å². The highest BCUT2D eigenvalue weighted by molar-refractivity contribution is 6.01. The number of anilines is 2. The molecule has 2 aromatic rings. The second-order valence-electron chi connectivity index (χ2n) is 6.96. The second kappa shape index (κ2) is 9.73. The van der Waals surface area contributed by atoms with E-state index in [-0.39, 0.29) is 5.91 Å². The van der Waals surface area contributed by atoms with Gasteiger partial charge < -0.3 is 20.5 Å². The summed E-state index contributed by atoms with van der Waals surface area (Å²) in [6.07, 6.45) is -0.172. The molecule has 29 heavy (non-hydrogen) atoms. The van der Waals surface area contributed by atoms with Crippen LogP contribution in [0.1, 0.15) is 42.0 Å². The number of benzene rings is 2. The fourth-order valence-corrected chi connectivity index (χ4v) is 3.02. The molecule has 0 saturated heterocycles. The minimum absolute atomic E-state index is 0.0466. The first kappa shape index (κ1) is 21.9.